The van der Waals surface area contributed by atoms with E-state index >= 15 is 0 Å². The van der Waals surface area contributed by atoms with E-state index < -0.39 is 5.97 Å². The SMILES string of the molecule is Cc1ccccc1CN1CCn2nnc(C(=O)O)c2C1=O. The van der Waals surface area contributed by atoms with Crippen LogP contribution in [0.3, 0.4) is 0 Å². The van der Waals surface area contributed by atoms with Crippen LogP contribution in [0.15, 0.2) is 24.3 Å². The number of hydrogen-bond donors (Lipinski definition) is 1. The number of rotatable bonds is 3. The van der Waals surface area contributed by atoms with Crippen molar-refractivity contribution < 1.29 is 14.7 Å². The standard InChI is InChI=1S/C14H14N4O3/c1-9-4-2-3-5-10(9)8-17-6-7-18-12(13(17)19)11(14(20)21)15-16-18/h2-5H,6-8H2,1H3,(H,20,21). The molecule has 0 fully saturated rings. The van der Waals surface area contributed by atoms with E-state index in [0.717, 1.165) is 11.1 Å². The number of nitrogens with zero attached hydrogens (tertiary/aromatic N) is 4. The second kappa shape index (κ2) is 5.01. The van der Waals surface area contributed by atoms with E-state index in [4.69, 9.17) is 5.11 Å². The summed E-state index contributed by atoms with van der Waals surface area (Å²) in [5.41, 5.74) is 1.92. The topological polar surface area (TPSA) is 88.3 Å². The van der Waals surface area contributed by atoms with Crippen LogP contribution in [0.25, 0.3) is 0 Å². The Hall–Kier alpha value is -2.70. The first-order chi connectivity index (χ1) is 10.1. The third kappa shape index (κ3) is 2.26. The van der Waals surface area contributed by atoms with Gasteiger partial charge in [0.1, 0.15) is 0 Å². The second-order valence-corrected chi connectivity index (χ2v) is 4.97. The summed E-state index contributed by atoms with van der Waals surface area (Å²) in [5.74, 6) is -1.57. The molecule has 0 radical (unpaired) electrons. The summed E-state index contributed by atoms with van der Waals surface area (Å²) in [5, 5.41) is 16.4. The van der Waals surface area contributed by atoms with E-state index in [1.165, 1.54) is 4.68 Å². The van der Waals surface area contributed by atoms with Gasteiger partial charge in [-0.3, -0.25) is 4.79 Å². The molecular weight excluding hydrogens is 272 g/mol. The Labute approximate surface area is 120 Å². The van der Waals surface area contributed by atoms with Crippen molar-refractivity contribution in [3.05, 3.63) is 46.8 Å². The molecule has 2 heterocycles. The van der Waals surface area contributed by atoms with Gasteiger partial charge in [-0.05, 0) is 18.1 Å². The van der Waals surface area contributed by atoms with E-state index in [9.17, 15) is 9.59 Å². The maximum atomic E-state index is 12.5. The van der Waals surface area contributed by atoms with Crippen molar-refractivity contribution in [3.8, 4) is 0 Å². The zero-order chi connectivity index (χ0) is 15.0. The minimum Gasteiger partial charge on any atom is -0.476 e. The van der Waals surface area contributed by atoms with Crippen molar-refractivity contribution in [1.82, 2.24) is 19.9 Å². The van der Waals surface area contributed by atoms with Crippen molar-refractivity contribution in [1.29, 1.82) is 0 Å². The summed E-state index contributed by atoms with van der Waals surface area (Å²) < 4.78 is 1.36. The molecule has 0 saturated heterocycles. The number of aryl methyl sites for hydroxylation is 1. The summed E-state index contributed by atoms with van der Waals surface area (Å²) in [6, 6.07) is 7.81. The molecule has 21 heavy (non-hydrogen) atoms. The number of aromatic carboxylic acids is 1. The average Bonchev–Trinajstić information content (AvgIpc) is 2.89. The molecule has 0 unspecified atom stereocenters. The predicted molar refractivity (Wildman–Crippen MR) is 72.9 cm³/mol. The highest BCUT2D eigenvalue weighted by Crippen LogP contribution is 2.18. The third-order valence-electron chi connectivity index (χ3n) is 3.63. The van der Waals surface area contributed by atoms with Gasteiger partial charge in [-0.15, -0.1) is 5.10 Å². The van der Waals surface area contributed by atoms with Crippen LogP contribution in [0.1, 0.15) is 32.1 Å². The maximum Gasteiger partial charge on any atom is 0.358 e. The second-order valence-electron chi connectivity index (χ2n) is 4.97. The van der Waals surface area contributed by atoms with E-state index in [2.05, 4.69) is 10.3 Å². The largest absolute Gasteiger partial charge is 0.476 e. The number of carboxylic acid groups (broad SMARTS) is 1. The molecule has 2 aromatic rings. The molecule has 7 heteroatoms. The Balaban J connectivity index is 1.90. The normalized spacial score (nSPS) is 14.1. The first-order valence-corrected chi connectivity index (χ1v) is 6.58. The van der Waals surface area contributed by atoms with E-state index in [0.29, 0.717) is 19.6 Å². The maximum absolute atomic E-state index is 12.5. The van der Waals surface area contributed by atoms with Crippen LogP contribution in [0.5, 0.6) is 0 Å². The van der Waals surface area contributed by atoms with Crippen LogP contribution in [0.2, 0.25) is 0 Å². The number of aromatic nitrogens is 3. The summed E-state index contributed by atoms with van der Waals surface area (Å²) in [6.07, 6.45) is 0. The van der Waals surface area contributed by atoms with E-state index in [1.807, 2.05) is 31.2 Å². The lowest BCUT2D eigenvalue weighted by molar-refractivity contribution is 0.0641. The molecule has 0 spiro atoms. The number of benzene rings is 1. The fraction of sp³-hybridized carbons (Fsp3) is 0.286. The van der Waals surface area contributed by atoms with Gasteiger partial charge < -0.3 is 10.0 Å². The molecule has 7 nitrogen and oxygen atoms in total. The van der Waals surface area contributed by atoms with Gasteiger partial charge >= 0.3 is 5.97 Å². The minimum absolute atomic E-state index is 0.0577. The van der Waals surface area contributed by atoms with Gasteiger partial charge in [0.2, 0.25) is 5.69 Å². The van der Waals surface area contributed by atoms with E-state index in [-0.39, 0.29) is 17.3 Å². The highest BCUT2D eigenvalue weighted by molar-refractivity contribution is 6.02. The number of amides is 1. The smallest absolute Gasteiger partial charge is 0.358 e. The highest BCUT2D eigenvalue weighted by atomic mass is 16.4. The van der Waals surface area contributed by atoms with Crippen molar-refractivity contribution in [2.45, 2.75) is 20.0 Å². The van der Waals surface area contributed by atoms with Gasteiger partial charge in [0, 0.05) is 13.1 Å². The molecule has 1 N–H and O–H groups in total. The highest BCUT2D eigenvalue weighted by Gasteiger charge is 2.32. The summed E-state index contributed by atoms with van der Waals surface area (Å²) in [6.45, 7) is 3.38. The predicted octanol–water partition coefficient (Wildman–Crippen LogP) is 0.941. The summed E-state index contributed by atoms with van der Waals surface area (Å²) >= 11 is 0. The minimum atomic E-state index is -1.23. The fourth-order valence-corrected chi connectivity index (χ4v) is 2.44. The Morgan fingerprint density at radius 3 is 2.81 bits per heavy atom. The Kier molecular flexibility index (Phi) is 3.17. The van der Waals surface area contributed by atoms with Crippen LogP contribution in [0.4, 0.5) is 0 Å². The van der Waals surface area contributed by atoms with E-state index in [1.54, 1.807) is 4.90 Å². The van der Waals surface area contributed by atoms with Crippen molar-refractivity contribution in [2.75, 3.05) is 6.54 Å². The fourth-order valence-electron chi connectivity index (χ4n) is 2.44. The molecular formula is C14H14N4O3. The van der Waals surface area contributed by atoms with Crippen LogP contribution >= 0.6 is 0 Å². The molecule has 1 aromatic carbocycles. The Morgan fingerprint density at radius 1 is 1.33 bits per heavy atom. The molecule has 0 aliphatic carbocycles. The number of fused-ring (bicyclic) bond motifs is 1. The molecule has 1 amide bonds. The molecule has 0 saturated carbocycles. The molecule has 0 bridgehead atoms. The third-order valence-corrected chi connectivity index (χ3v) is 3.63. The zero-order valence-electron chi connectivity index (χ0n) is 11.5. The van der Waals surface area contributed by atoms with Crippen molar-refractivity contribution in [3.63, 3.8) is 0 Å². The van der Waals surface area contributed by atoms with Crippen LogP contribution in [-0.4, -0.2) is 43.4 Å². The Bertz CT molecular complexity index is 723. The number of carbonyl (C=O) groups is 2. The van der Waals surface area contributed by atoms with Crippen molar-refractivity contribution in [2.24, 2.45) is 0 Å². The Morgan fingerprint density at radius 2 is 2.10 bits per heavy atom. The van der Waals surface area contributed by atoms with Crippen LogP contribution in [-0.2, 0) is 13.1 Å². The summed E-state index contributed by atoms with van der Waals surface area (Å²) in [4.78, 5) is 25.2. The van der Waals surface area contributed by atoms with Gasteiger partial charge in [-0.25, -0.2) is 9.48 Å². The molecule has 1 aliphatic heterocycles. The first kappa shape index (κ1) is 13.3. The van der Waals surface area contributed by atoms with Crippen LogP contribution < -0.4 is 0 Å². The number of carbonyl (C=O) groups excluding carboxylic acids is 1. The quantitative estimate of drug-likeness (QED) is 0.907. The van der Waals surface area contributed by atoms with Crippen LogP contribution in [0, 0.1) is 6.92 Å². The van der Waals surface area contributed by atoms with Gasteiger partial charge in [0.25, 0.3) is 5.91 Å². The lowest BCUT2D eigenvalue weighted by Crippen LogP contribution is -2.40. The van der Waals surface area contributed by atoms with Gasteiger partial charge in [-0.2, -0.15) is 0 Å². The van der Waals surface area contributed by atoms with Crippen molar-refractivity contribution >= 4 is 11.9 Å². The lowest BCUT2D eigenvalue weighted by Gasteiger charge is -2.27. The monoisotopic (exact) mass is 286 g/mol. The molecule has 3 rings (SSSR count). The zero-order valence-corrected chi connectivity index (χ0v) is 11.5. The molecule has 0 atom stereocenters. The molecule has 1 aromatic heterocycles. The van der Waals surface area contributed by atoms with Gasteiger partial charge in [-0.1, -0.05) is 29.5 Å². The lowest BCUT2D eigenvalue weighted by atomic mass is 10.1. The average molecular weight is 286 g/mol. The van der Waals surface area contributed by atoms with Gasteiger partial charge in [0.15, 0.2) is 5.69 Å². The molecule has 1 aliphatic rings. The first-order valence-electron chi connectivity index (χ1n) is 6.58. The summed E-state index contributed by atoms with van der Waals surface area (Å²) in [7, 11) is 0. The van der Waals surface area contributed by atoms with Gasteiger partial charge in [0.05, 0.1) is 6.54 Å². The number of carboxylic acids is 1. The molecule has 108 valence electrons. The number of hydrogen-bond acceptors (Lipinski definition) is 4.